The number of aromatic nitrogens is 4. The fourth-order valence-electron chi connectivity index (χ4n) is 5.36. The van der Waals surface area contributed by atoms with E-state index < -0.39 is 33.7 Å². The maximum atomic E-state index is 11.9. The van der Waals surface area contributed by atoms with Gasteiger partial charge in [0.25, 0.3) is 0 Å². The summed E-state index contributed by atoms with van der Waals surface area (Å²) in [5.41, 5.74) is 5.72. The van der Waals surface area contributed by atoms with Crippen molar-refractivity contribution in [1.82, 2.24) is 34.5 Å². The number of primary amides is 1. The predicted molar refractivity (Wildman–Crippen MR) is 198 cm³/mol. The van der Waals surface area contributed by atoms with E-state index in [1.54, 1.807) is 27.1 Å². The van der Waals surface area contributed by atoms with Crippen LogP contribution in [0.4, 0.5) is 4.79 Å². The summed E-state index contributed by atoms with van der Waals surface area (Å²) in [7, 11) is -3.37. The molecule has 0 aromatic carbocycles. The number of rotatable bonds is 12. The number of sulfonamides is 1. The second kappa shape index (κ2) is 18.3. The third-order valence-electron chi connectivity index (χ3n) is 8.33. The average Bonchev–Trinajstić information content (AvgIpc) is 3.95. The Hall–Kier alpha value is -4.28. The third-order valence-corrected chi connectivity index (χ3v) is 10.2. The van der Waals surface area contributed by atoms with Crippen molar-refractivity contribution >= 4 is 45.0 Å². The fraction of sp³-hybridized carbons (Fsp3) is 0.676. The highest BCUT2D eigenvalue weighted by atomic mass is 32.2. The first kappa shape index (κ1) is 41.1. The smallest absolute Gasteiger partial charge is 0.408 e. The second-order valence-electron chi connectivity index (χ2n) is 14.3. The number of allylic oxidation sites excluding steroid dienone is 2. The summed E-state index contributed by atoms with van der Waals surface area (Å²) in [6, 6.07) is -0.281. The minimum absolute atomic E-state index is 0. The van der Waals surface area contributed by atoms with Crippen LogP contribution in [0, 0.1) is 11.8 Å². The van der Waals surface area contributed by atoms with Crippen LogP contribution in [0.3, 0.4) is 0 Å². The molecular formula is C34H60N8O8S. The Morgan fingerprint density at radius 1 is 1.16 bits per heavy atom. The van der Waals surface area contributed by atoms with Gasteiger partial charge < -0.3 is 25.3 Å². The van der Waals surface area contributed by atoms with Crippen molar-refractivity contribution in [3.05, 3.63) is 35.2 Å². The molecule has 0 spiro atoms. The number of carbonyl (C=O) groups is 4. The van der Waals surface area contributed by atoms with Crippen LogP contribution in [0.5, 0.6) is 0 Å². The first-order valence-corrected chi connectivity index (χ1v) is 19.2. The number of imidazole rings is 1. The van der Waals surface area contributed by atoms with Gasteiger partial charge in [-0.2, -0.15) is 4.98 Å². The van der Waals surface area contributed by atoms with E-state index in [1.165, 1.54) is 30.4 Å². The van der Waals surface area contributed by atoms with E-state index in [1.807, 2.05) is 18.4 Å². The summed E-state index contributed by atoms with van der Waals surface area (Å²) in [5, 5.41) is 2.05. The first-order chi connectivity index (χ1) is 23.9. The monoisotopic (exact) mass is 740 g/mol. The highest BCUT2D eigenvalue weighted by Crippen LogP contribution is 2.40. The van der Waals surface area contributed by atoms with Gasteiger partial charge in [0.2, 0.25) is 27.7 Å². The number of likely N-dealkylation sites (tertiary alicyclic amines) is 1. The number of ether oxygens (including phenoxy) is 1. The molecule has 0 radical (unpaired) electrons. The molecule has 0 unspecified atom stereocenters. The number of aromatic amines is 1. The SMILES string of the molecule is CC(C)(C)OC(=O)NCC(=O)N1CCC[C@H]1C(N)=O.CC(C)n1cnc2cnc(=O)[nH]c21.CCCCC/C=C\[C@@H]1C[C@@H]1C(=O)NS(=O)(=O)C1CC1.[HH].[HH].[HH]. The van der Waals surface area contributed by atoms with Gasteiger partial charge in [-0.3, -0.25) is 24.1 Å². The zero-order valence-electron chi connectivity index (χ0n) is 30.5. The molecule has 2 saturated carbocycles. The summed E-state index contributed by atoms with van der Waals surface area (Å²) in [6.07, 6.45) is 14.9. The van der Waals surface area contributed by atoms with E-state index in [9.17, 15) is 32.4 Å². The third kappa shape index (κ3) is 13.4. The molecule has 1 aliphatic heterocycles. The zero-order chi connectivity index (χ0) is 37.9. The molecule has 3 aliphatic rings. The summed E-state index contributed by atoms with van der Waals surface area (Å²) >= 11 is 0. The molecule has 3 heterocycles. The van der Waals surface area contributed by atoms with E-state index in [2.05, 4.69) is 44.1 Å². The Morgan fingerprint density at radius 2 is 1.86 bits per heavy atom. The van der Waals surface area contributed by atoms with Crippen LogP contribution in [0.25, 0.3) is 11.2 Å². The summed E-state index contributed by atoms with van der Waals surface area (Å²) < 4.78 is 32.4. The average molecular weight is 741 g/mol. The number of nitrogens with two attached hydrogens (primary N) is 1. The standard InChI is InChI=1S/C14H23NO3S.C12H21N3O4.C8H10N4O.3H2/c1-2-3-4-5-6-7-11-10-13(11)14(16)15-19(17,18)12-8-9-12;1-12(2,3)19-11(18)14-7-9(16)15-6-4-5-8(15)10(13)17;1-5(2)12-4-10-6-3-9-8(13)11-7(6)12;;;/h6-7,11-13H,2-5,8-10H2,1H3,(H,15,16);8H,4-7H2,1-3H3,(H2,13,17)(H,14,18);3-5H,1-2H3,(H,9,11,13);3*1H/b7-6-;;;;;/t11-,13+;8-;;;;/m10..../s1. The maximum Gasteiger partial charge on any atom is 0.408 e. The van der Waals surface area contributed by atoms with E-state index in [4.69, 9.17) is 10.5 Å². The quantitative estimate of drug-likeness (QED) is 0.182. The van der Waals surface area contributed by atoms with Gasteiger partial charge in [-0.15, -0.1) is 0 Å². The van der Waals surface area contributed by atoms with Gasteiger partial charge in [0, 0.05) is 22.8 Å². The van der Waals surface area contributed by atoms with Gasteiger partial charge >= 0.3 is 11.8 Å². The summed E-state index contributed by atoms with van der Waals surface area (Å²) in [4.78, 5) is 68.9. The molecule has 2 aromatic rings. The number of carbonyl (C=O) groups excluding carboxylic acids is 4. The lowest BCUT2D eigenvalue weighted by Gasteiger charge is -2.23. The number of nitrogens with zero attached hydrogens (tertiary/aromatic N) is 4. The Morgan fingerprint density at radius 3 is 2.47 bits per heavy atom. The normalized spacial score (nSPS) is 19.9. The van der Waals surface area contributed by atoms with Crippen LogP contribution in [0.2, 0.25) is 0 Å². The van der Waals surface area contributed by atoms with Crippen molar-refractivity contribution in [2.45, 2.75) is 122 Å². The Labute approximate surface area is 303 Å². The lowest BCUT2D eigenvalue weighted by Crippen LogP contribution is -2.48. The van der Waals surface area contributed by atoms with Gasteiger partial charge in [0.1, 0.15) is 29.4 Å². The number of H-pyrrole nitrogens is 1. The number of unbranched alkanes of at least 4 members (excludes halogenated alkanes) is 3. The molecule has 3 atom stereocenters. The maximum absolute atomic E-state index is 11.9. The molecule has 3 fully saturated rings. The highest BCUT2D eigenvalue weighted by Gasteiger charge is 2.45. The zero-order valence-corrected chi connectivity index (χ0v) is 31.3. The molecule has 17 heteroatoms. The molecule has 2 aliphatic carbocycles. The molecule has 5 rings (SSSR count). The van der Waals surface area contributed by atoms with Crippen molar-refractivity contribution < 1.29 is 36.6 Å². The molecule has 5 N–H and O–H groups in total. The molecular weight excluding hydrogens is 680 g/mol. The van der Waals surface area contributed by atoms with Crippen molar-refractivity contribution in [1.29, 1.82) is 0 Å². The van der Waals surface area contributed by atoms with Crippen LogP contribution >= 0.6 is 0 Å². The summed E-state index contributed by atoms with van der Waals surface area (Å²) in [6.45, 7) is 11.7. The van der Waals surface area contributed by atoms with Crippen molar-refractivity contribution in [2.24, 2.45) is 17.6 Å². The number of alkyl carbamates (subject to hydrolysis) is 1. The lowest BCUT2D eigenvalue weighted by molar-refractivity contribution is -0.136. The lowest BCUT2D eigenvalue weighted by atomic mass is 10.2. The highest BCUT2D eigenvalue weighted by molar-refractivity contribution is 7.90. The van der Waals surface area contributed by atoms with E-state index in [0.717, 1.165) is 24.9 Å². The molecule has 0 bridgehead atoms. The number of hydrogen-bond donors (Lipinski definition) is 4. The fourth-order valence-corrected chi connectivity index (χ4v) is 6.71. The van der Waals surface area contributed by atoms with Gasteiger partial charge in [-0.25, -0.2) is 23.0 Å². The molecule has 16 nitrogen and oxygen atoms in total. The van der Waals surface area contributed by atoms with Crippen molar-refractivity contribution in [2.75, 3.05) is 13.1 Å². The summed E-state index contributed by atoms with van der Waals surface area (Å²) in [5.74, 6) is -1.03. The van der Waals surface area contributed by atoms with E-state index >= 15 is 0 Å². The van der Waals surface area contributed by atoms with Crippen LogP contribution in [0.15, 0.2) is 29.5 Å². The Kier molecular flexibility index (Phi) is 14.7. The van der Waals surface area contributed by atoms with E-state index in [0.29, 0.717) is 31.3 Å². The number of hydrogen-bond acceptors (Lipinski definition) is 10. The minimum Gasteiger partial charge on any atom is -0.444 e. The first-order valence-electron chi connectivity index (χ1n) is 17.6. The molecule has 1 saturated heterocycles. The number of amides is 4. The second-order valence-corrected chi connectivity index (χ2v) is 16.3. The Bertz CT molecular complexity index is 1720. The van der Waals surface area contributed by atoms with Crippen LogP contribution in [0.1, 0.15) is 110 Å². The van der Waals surface area contributed by atoms with Crippen molar-refractivity contribution in [3.63, 3.8) is 0 Å². The van der Waals surface area contributed by atoms with E-state index in [-0.39, 0.29) is 51.5 Å². The topological polar surface area (TPSA) is 229 Å². The Balaban J connectivity index is 0.000000772. The van der Waals surface area contributed by atoms with Crippen molar-refractivity contribution in [3.8, 4) is 0 Å². The van der Waals surface area contributed by atoms with Crippen LogP contribution in [-0.2, 0) is 29.1 Å². The molecule has 51 heavy (non-hydrogen) atoms. The number of nitrogens with one attached hydrogen (secondary N) is 3. The molecule has 2 aromatic heterocycles. The van der Waals surface area contributed by atoms with Gasteiger partial charge in [-0.1, -0.05) is 31.9 Å². The van der Waals surface area contributed by atoms with Gasteiger partial charge in [-0.05, 0) is 85.5 Å². The minimum atomic E-state index is -3.37. The van der Waals surface area contributed by atoms with Crippen LogP contribution < -0.4 is 21.5 Å². The van der Waals surface area contributed by atoms with Gasteiger partial charge in [0.05, 0.1) is 17.8 Å². The molecule has 4 amide bonds. The van der Waals surface area contributed by atoms with Gasteiger partial charge in [0.15, 0.2) is 0 Å². The predicted octanol–water partition coefficient (Wildman–Crippen LogP) is 3.79. The molecule has 290 valence electrons. The largest absolute Gasteiger partial charge is 0.444 e. The number of fused-ring (bicyclic) bond motifs is 1. The van der Waals surface area contributed by atoms with Crippen LogP contribution in [-0.4, -0.2) is 86.6 Å².